The second-order valence-corrected chi connectivity index (χ2v) is 21.4. The largest absolute Gasteiger partial charge is 0.310 e. The molecule has 0 bridgehead atoms. The lowest BCUT2D eigenvalue weighted by atomic mass is 9.59. The molecular weight excluding hydrogens is 821 g/mol. The minimum absolute atomic E-state index is 0.0810. The lowest BCUT2D eigenvalue weighted by Gasteiger charge is -2.44. The molecule has 332 valence electrons. The van der Waals surface area contributed by atoms with Crippen LogP contribution < -0.4 is 9.80 Å². The Hall–Kier alpha value is -7.42. The van der Waals surface area contributed by atoms with Crippen molar-refractivity contribution in [1.29, 1.82) is 0 Å². The first kappa shape index (κ1) is 42.0. The molecule has 2 nitrogen and oxygen atoms in total. The molecule has 0 saturated carbocycles. The Bertz CT molecular complexity index is 3440. The first-order valence-corrected chi connectivity index (χ1v) is 24.3. The monoisotopic (exact) mass is 878 g/mol. The molecule has 0 aliphatic heterocycles. The Morgan fingerprint density at radius 3 is 1.04 bits per heavy atom. The van der Waals surface area contributed by atoms with E-state index in [0.717, 1.165) is 22.7 Å². The van der Waals surface area contributed by atoms with Gasteiger partial charge in [-0.15, -0.1) is 0 Å². The summed E-state index contributed by atoms with van der Waals surface area (Å²) in [4.78, 5) is 4.85. The molecule has 0 radical (unpaired) electrons. The van der Waals surface area contributed by atoms with Crippen LogP contribution in [0.15, 0.2) is 206 Å². The molecule has 12 rings (SSSR count). The normalized spacial score (nSPS) is 15.8. The molecule has 0 N–H and O–H groups in total. The van der Waals surface area contributed by atoms with Crippen LogP contribution in [0.25, 0.3) is 33.4 Å². The van der Waals surface area contributed by atoms with Gasteiger partial charge in [-0.1, -0.05) is 183 Å². The molecule has 9 aromatic carbocycles. The second-order valence-electron chi connectivity index (χ2n) is 21.4. The zero-order valence-electron chi connectivity index (χ0n) is 40.5. The summed E-state index contributed by atoms with van der Waals surface area (Å²) < 4.78 is 0. The third-order valence-corrected chi connectivity index (χ3v) is 16.1. The van der Waals surface area contributed by atoms with Gasteiger partial charge in [-0.05, 0) is 157 Å². The summed E-state index contributed by atoms with van der Waals surface area (Å²) in [5.74, 6) is 0. The van der Waals surface area contributed by atoms with E-state index in [1.54, 1.807) is 0 Å². The maximum atomic E-state index is 2.48. The zero-order valence-corrected chi connectivity index (χ0v) is 40.5. The minimum Gasteiger partial charge on any atom is -0.310 e. The number of hydrogen-bond donors (Lipinski definition) is 0. The SMILES string of the molecule is CC1(C)c2ccccc2-c2ccc(N(c3ccccc3)c3ccc(-c4ccc5c(c4)C(C)(C)c4ccc(N(c6ccccc6)c6ccc7c(c6)C(C)(C)c6ccccc6-7)cc4C5(C)C)cc3)cc21. The summed E-state index contributed by atoms with van der Waals surface area (Å²) >= 11 is 0. The van der Waals surface area contributed by atoms with Gasteiger partial charge in [0.1, 0.15) is 0 Å². The van der Waals surface area contributed by atoms with Crippen LogP contribution in [-0.4, -0.2) is 0 Å². The summed E-state index contributed by atoms with van der Waals surface area (Å²) in [6.45, 7) is 19.1. The van der Waals surface area contributed by atoms with E-state index in [1.807, 2.05) is 0 Å². The molecule has 9 aromatic rings. The number of anilines is 6. The van der Waals surface area contributed by atoms with E-state index >= 15 is 0 Å². The van der Waals surface area contributed by atoms with Crippen molar-refractivity contribution >= 4 is 34.1 Å². The first-order chi connectivity index (χ1) is 32.7. The average molecular weight is 879 g/mol. The Labute approximate surface area is 403 Å². The van der Waals surface area contributed by atoms with Crippen LogP contribution in [0.1, 0.15) is 99.9 Å². The van der Waals surface area contributed by atoms with Gasteiger partial charge in [0.25, 0.3) is 0 Å². The van der Waals surface area contributed by atoms with Crippen molar-refractivity contribution < 1.29 is 0 Å². The van der Waals surface area contributed by atoms with E-state index in [4.69, 9.17) is 0 Å². The molecule has 0 heterocycles. The predicted octanol–water partition coefficient (Wildman–Crippen LogP) is 17.9. The number of benzene rings is 9. The third kappa shape index (κ3) is 6.23. The Kier molecular flexibility index (Phi) is 9.29. The number of para-hydroxylation sites is 2. The quantitative estimate of drug-likeness (QED) is 0.157. The highest BCUT2D eigenvalue weighted by molar-refractivity contribution is 5.88. The highest BCUT2D eigenvalue weighted by Crippen LogP contribution is 2.55. The van der Waals surface area contributed by atoms with Crippen molar-refractivity contribution in [2.24, 2.45) is 0 Å². The van der Waals surface area contributed by atoms with Crippen LogP contribution >= 0.6 is 0 Å². The number of rotatable bonds is 7. The molecule has 0 aromatic heterocycles. The molecule has 3 aliphatic carbocycles. The standard InChI is InChI=1S/C66H58N2/c1-63(2)55-25-17-15-23-51(55)53-35-32-48(40-59(53)63)67(45-19-11-9-12-20-45)47-30-27-43(28-31-47)44-29-37-57-61(39-44)65(5,6)58-38-34-50(42-62(58)66(57,7)8)68(46-21-13-10-14-22-46)49-33-36-54-52-24-16-18-26-56(52)64(3,4)60(54)41-49/h9-42H,1-8H3. The van der Waals surface area contributed by atoms with Crippen molar-refractivity contribution in [3.8, 4) is 33.4 Å². The van der Waals surface area contributed by atoms with Crippen molar-refractivity contribution in [2.75, 3.05) is 9.80 Å². The smallest absolute Gasteiger partial charge is 0.0465 e. The first-order valence-electron chi connectivity index (χ1n) is 24.3. The number of nitrogens with zero attached hydrogens (tertiary/aromatic N) is 2. The van der Waals surface area contributed by atoms with E-state index in [9.17, 15) is 0 Å². The third-order valence-electron chi connectivity index (χ3n) is 16.1. The Morgan fingerprint density at radius 2 is 0.544 bits per heavy atom. The molecule has 68 heavy (non-hydrogen) atoms. The molecule has 0 spiro atoms. The fourth-order valence-corrected chi connectivity index (χ4v) is 12.3. The topological polar surface area (TPSA) is 6.48 Å². The molecule has 0 fully saturated rings. The van der Waals surface area contributed by atoms with Crippen LogP contribution in [0.5, 0.6) is 0 Å². The van der Waals surface area contributed by atoms with Crippen LogP contribution in [0.4, 0.5) is 34.1 Å². The number of hydrogen-bond acceptors (Lipinski definition) is 2. The Balaban J connectivity index is 0.895. The van der Waals surface area contributed by atoms with Gasteiger partial charge in [0.05, 0.1) is 0 Å². The van der Waals surface area contributed by atoms with E-state index < -0.39 is 0 Å². The molecule has 0 unspecified atom stereocenters. The van der Waals surface area contributed by atoms with Gasteiger partial charge in [-0.2, -0.15) is 0 Å². The minimum atomic E-state index is -0.232. The maximum Gasteiger partial charge on any atom is 0.0465 e. The lowest BCUT2D eigenvalue weighted by molar-refractivity contribution is 0.521. The highest BCUT2D eigenvalue weighted by Gasteiger charge is 2.43. The molecule has 2 heteroatoms. The highest BCUT2D eigenvalue weighted by atomic mass is 15.1. The summed E-state index contributed by atoms with van der Waals surface area (Å²) in [6, 6.07) is 77.2. The molecule has 0 amide bonds. The van der Waals surface area contributed by atoms with Gasteiger partial charge in [-0.25, -0.2) is 0 Å². The van der Waals surface area contributed by atoms with Crippen molar-refractivity contribution in [1.82, 2.24) is 0 Å². The van der Waals surface area contributed by atoms with E-state index in [0.29, 0.717) is 0 Å². The predicted molar refractivity (Wildman–Crippen MR) is 287 cm³/mol. The van der Waals surface area contributed by atoms with Gasteiger partial charge >= 0.3 is 0 Å². The van der Waals surface area contributed by atoms with Gasteiger partial charge in [-0.3, -0.25) is 0 Å². The summed E-state index contributed by atoms with van der Waals surface area (Å²) in [5, 5.41) is 0. The summed E-state index contributed by atoms with van der Waals surface area (Å²) in [7, 11) is 0. The van der Waals surface area contributed by atoms with Crippen molar-refractivity contribution in [3.05, 3.63) is 251 Å². The number of fused-ring (bicyclic) bond motifs is 8. The summed E-state index contributed by atoms with van der Waals surface area (Å²) in [5.41, 5.74) is 25.2. The van der Waals surface area contributed by atoms with E-state index in [1.165, 1.54) is 89.3 Å². The van der Waals surface area contributed by atoms with Crippen LogP contribution in [-0.2, 0) is 21.7 Å². The maximum absolute atomic E-state index is 2.48. The van der Waals surface area contributed by atoms with Gasteiger partial charge in [0.15, 0.2) is 0 Å². The van der Waals surface area contributed by atoms with Crippen LogP contribution in [0.3, 0.4) is 0 Å². The average Bonchev–Trinajstić information content (AvgIpc) is 3.73. The van der Waals surface area contributed by atoms with Crippen LogP contribution in [0, 0.1) is 0 Å². The van der Waals surface area contributed by atoms with E-state index in [-0.39, 0.29) is 21.7 Å². The van der Waals surface area contributed by atoms with Gasteiger partial charge in [0, 0.05) is 55.8 Å². The summed E-state index contributed by atoms with van der Waals surface area (Å²) in [6.07, 6.45) is 0. The Morgan fingerprint density at radius 1 is 0.221 bits per heavy atom. The molecule has 3 aliphatic rings. The second kappa shape index (κ2) is 15.0. The fraction of sp³-hybridized carbons (Fsp3) is 0.182. The lowest BCUT2D eigenvalue weighted by Crippen LogP contribution is -2.36. The fourth-order valence-electron chi connectivity index (χ4n) is 12.3. The zero-order chi connectivity index (χ0) is 46.7. The molecule has 0 atom stereocenters. The van der Waals surface area contributed by atoms with E-state index in [2.05, 4.69) is 271 Å². The van der Waals surface area contributed by atoms with Crippen LogP contribution in [0.2, 0.25) is 0 Å². The molecule has 0 saturated heterocycles. The van der Waals surface area contributed by atoms with Gasteiger partial charge in [0.2, 0.25) is 0 Å². The van der Waals surface area contributed by atoms with Crippen molar-refractivity contribution in [3.63, 3.8) is 0 Å². The van der Waals surface area contributed by atoms with Gasteiger partial charge < -0.3 is 9.80 Å². The van der Waals surface area contributed by atoms with Crippen molar-refractivity contribution in [2.45, 2.75) is 77.0 Å². The molecular formula is C66H58N2.